The van der Waals surface area contributed by atoms with Gasteiger partial charge in [0, 0.05) is 22.0 Å². The number of rotatable bonds is 2. The maximum absolute atomic E-state index is 4.61. The highest BCUT2D eigenvalue weighted by Crippen LogP contribution is 2.41. The van der Waals surface area contributed by atoms with Gasteiger partial charge in [-0.15, -0.1) is 11.3 Å². The predicted octanol–water partition coefficient (Wildman–Crippen LogP) is 3.85. The van der Waals surface area contributed by atoms with E-state index in [0.29, 0.717) is 0 Å². The molecule has 0 aromatic carbocycles. The van der Waals surface area contributed by atoms with Crippen molar-refractivity contribution in [2.24, 2.45) is 0 Å². The van der Waals surface area contributed by atoms with Gasteiger partial charge in [0.2, 0.25) is 0 Å². The number of thiazole rings is 1. The summed E-state index contributed by atoms with van der Waals surface area (Å²) in [5.41, 5.74) is 2.22. The van der Waals surface area contributed by atoms with Gasteiger partial charge in [0.15, 0.2) is 0 Å². The molecule has 2 aromatic heterocycles. The summed E-state index contributed by atoms with van der Waals surface area (Å²) in [5.74, 6) is 0.727. The van der Waals surface area contributed by atoms with Crippen molar-refractivity contribution in [2.45, 2.75) is 18.8 Å². The molecule has 15 heavy (non-hydrogen) atoms. The van der Waals surface area contributed by atoms with E-state index < -0.39 is 0 Å². The SMILES string of the molecule is Brc1ccc(-c2nc(C3CC3)cs2)nc1. The van der Waals surface area contributed by atoms with Gasteiger partial charge >= 0.3 is 0 Å². The van der Waals surface area contributed by atoms with Gasteiger partial charge in [0.1, 0.15) is 5.01 Å². The van der Waals surface area contributed by atoms with Crippen molar-refractivity contribution in [1.82, 2.24) is 9.97 Å². The first-order valence-electron chi connectivity index (χ1n) is 4.90. The van der Waals surface area contributed by atoms with Gasteiger partial charge in [0.05, 0.1) is 11.4 Å². The fourth-order valence-corrected chi connectivity index (χ4v) is 2.58. The van der Waals surface area contributed by atoms with E-state index in [2.05, 4.69) is 31.3 Å². The lowest BCUT2D eigenvalue weighted by atomic mass is 10.3. The molecule has 1 fully saturated rings. The molecule has 0 atom stereocenters. The highest BCUT2D eigenvalue weighted by Gasteiger charge is 2.26. The zero-order chi connectivity index (χ0) is 10.3. The molecule has 3 rings (SSSR count). The normalized spacial score (nSPS) is 15.5. The Morgan fingerprint density at radius 2 is 2.20 bits per heavy atom. The minimum atomic E-state index is 0.727. The van der Waals surface area contributed by atoms with E-state index in [4.69, 9.17) is 0 Å². The van der Waals surface area contributed by atoms with E-state index in [9.17, 15) is 0 Å². The maximum Gasteiger partial charge on any atom is 0.142 e. The molecule has 0 bridgehead atoms. The van der Waals surface area contributed by atoms with E-state index in [1.165, 1.54) is 18.5 Å². The molecule has 2 heterocycles. The number of pyridine rings is 1. The van der Waals surface area contributed by atoms with Crippen LogP contribution in [-0.4, -0.2) is 9.97 Å². The zero-order valence-electron chi connectivity index (χ0n) is 7.98. The summed E-state index contributed by atoms with van der Waals surface area (Å²) in [6.45, 7) is 0. The molecule has 0 radical (unpaired) electrons. The van der Waals surface area contributed by atoms with Crippen LogP contribution in [-0.2, 0) is 0 Å². The second-order valence-corrected chi connectivity index (χ2v) is 5.49. The molecule has 1 aliphatic carbocycles. The molecular weight excluding hydrogens is 272 g/mol. The number of halogens is 1. The van der Waals surface area contributed by atoms with Gasteiger partial charge in [-0.05, 0) is 40.9 Å². The Balaban J connectivity index is 1.93. The Morgan fingerprint density at radius 3 is 2.87 bits per heavy atom. The quantitative estimate of drug-likeness (QED) is 0.835. The van der Waals surface area contributed by atoms with Crippen molar-refractivity contribution in [3.05, 3.63) is 33.9 Å². The lowest BCUT2D eigenvalue weighted by Gasteiger charge is -1.94. The van der Waals surface area contributed by atoms with E-state index in [1.807, 2.05) is 18.3 Å². The van der Waals surface area contributed by atoms with E-state index in [0.717, 1.165) is 21.1 Å². The molecule has 0 aliphatic heterocycles. The molecule has 4 heteroatoms. The predicted molar refractivity (Wildman–Crippen MR) is 65.0 cm³/mol. The molecule has 1 saturated carbocycles. The van der Waals surface area contributed by atoms with E-state index in [-0.39, 0.29) is 0 Å². The number of hydrogen-bond donors (Lipinski definition) is 0. The largest absolute Gasteiger partial charge is 0.253 e. The van der Waals surface area contributed by atoms with Crippen LogP contribution in [0.2, 0.25) is 0 Å². The van der Waals surface area contributed by atoms with Gasteiger partial charge in [-0.3, -0.25) is 4.98 Å². The van der Waals surface area contributed by atoms with Gasteiger partial charge in [-0.1, -0.05) is 0 Å². The Kier molecular flexibility index (Phi) is 2.33. The fraction of sp³-hybridized carbons (Fsp3) is 0.273. The smallest absolute Gasteiger partial charge is 0.142 e. The number of aromatic nitrogens is 2. The molecule has 2 nitrogen and oxygen atoms in total. The van der Waals surface area contributed by atoms with E-state index >= 15 is 0 Å². The van der Waals surface area contributed by atoms with Crippen molar-refractivity contribution in [1.29, 1.82) is 0 Å². The van der Waals surface area contributed by atoms with Gasteiger partial charge in [-0.2, -0.15) is 0 Å². The van der Waals surface area contributed by atoms with Crippen LogP contribution >= 0.6 is 27.3 Å². The molecular formula is C11H9BrN2S. The molecule has 0 N–H and O–H groups in total. The average Bonchev–Trinajstić information content (AvgIpc) is 2.99. The first kappa shape index (κ1) is 9.48. The summed E-state index contributed by atoms with van der Waals surface area (Å²) < 4.78 is 1.00. The van der Waals surface area contributed by atoms with Gasteiger partial charge < -0.3 is 0 Å². The monoisotopic (exact) mass is 280 g/mol. The maximum atomic E-state index is 4.61. The summed E-state index contributed by atoms with van der Waals surface area (Å²) in [6, 6.07) is 4.00. The molecule has 0 amide bonds. The van der Waals surface area contributed by atoms with E-state index in [1.54, 1.807) is 11.3 Å². The van der Waals surface area contributed by atoms with Crippen molar-refractivity contribution in [3.8, 4) is 10.7 Å². The fourth-order valence-electron chi connectivity index (χ4n) is 1.47. The molecule has 0 saturated heterocycles. The summed E-state index contributed by atoms with van der Waals surface area (Å²) in [5, 5.41) is 3.20. The van der Waals surface area contributed by atoms with Crippen LogP contribution in [0.25, 0.3) is 10.7 Å². The standard InChI is InChI=1S/C11H9BrN2S/c12-8-3-4-9(13-5-8)11-14-10(6-15-11)7-1-2-7/h3-7H,1-2H2. The molecule has 0 spiro atoms. The van der Waals surface area contributed by atoms with Crippen LogP contribution < -0.4 is 0 Å². The minimum Gasteiger partial charge on any atom is -0.253 e. The summed E-state index contributed by atoms with van der Waals surface area (Å²) in [6.07, 6.45) is 4.42. The molecule has 76 valence electrons. The summed E-state index contributed by atoms with van der Waals surface area (Å²) >= 11 is 5.06. The Labute approximate surface area is 101 Å². The van der Waals surface area contributed by atoms with Crippen LogP contribution in [0.5, 0.6) is 0 Å². The van der Waals surface area contributed by atoms with Crippen LogP contribution in [0.3, 0.4) is 0 Å². The Hall–Kier alpha value is -0.740. The molecule has 2 aromatic rings. The minimum absolute atomic E-state index is 0.727. The van der Waals surface area contributed by atoms with Gasteiger partial charge in [0.25, 0.3) is 0 Å². The Morgan fingerprint density at radius 1 is 1.33 bits per heavy atom. The third-order valence-corrected chi connectivity index (χ3v) is 3.82. The highest BCUT2D eigenvalue weighted by molar-refractivity contribution is 9.10. The van der Waals surface area contributed by atoms with Crippen LogP contribution in [0.15, 0.2) is 28.2 Å². The van der Waals surface area contributed by atoms with Crippen LogP contribution in [0.4, 0.5) is 0 Å². The van der Waals surface area contributed by atoms with Crippen molar-refractivity contribution in [3.63, 3.8) is 0 Å². The third-order valence-electron chi connectivity index (χ3n) is 2.46. The second-order valence-electron chi connectivity index (χ2n) is 3.71. The summed E-state index contributed by atoms with van der Waals surface area (Å²) in [4.78, 5) is 8.96. The summed E-state index contributed by atoms with van der Waals surface area (Å²) in [7, 11) is 0. The van der Waals surface area contributed by atoms with Crippen LogP contribution in [0, 0.1) is 0 Å². The lowest BCUT2D eigenvalue weighted by Crippen LogP contribution is -1.83. The topological polar surface area (TPSA) is 25.8 Å². The van der Waals surface area contributed by atoms with Gasteiger partial charge in [-0.25, -0.2) is 4.98 Å². The first-order chi connectivity index (χ1) is 7.33. The molecule has 1 aliphatic rings. The van der Waals surface area contributed by atoms with Crippen molar-refractivity contribution < 1.29 is 0 Å². The highest BCUT2D eigenvalue weighted by atomic mass is 79.9. The number of nitrogens with zero attached hydrogens (tertiary/aromatic N) is 2. The lowest BCUT2D eigenvalue weighted by molar-refractivity contribution is 1.05. The van der Waals surface area contributed by atoms with Crippen molar-refractivity contribution in [2.75, 3.05) is 0 Å². The van der Waals surface area contributed by atoms with Crippen molar-refractivity contribution >= 4 is 27.3 Å². The average molecular weight is 281 g/mol. The third kappa shape index (κ3) is 1.96. The first-order valence-corrected chi connectivity index (χ1v) is 6.57. The zero-order valence-corrected chi connectivity index (χ0v) is 10.4. The molecule has 0 unspecified atom stereocenters. The Bertz CT molecular complexity index is 474. The number of hydrogen-bond acceptors (Lipinski definition) is 3. The second kappa shape index (κ2) is 3.68. The van der Waals surface area contributed by atoms with Crippen LogP contribution in [0.1, 0.15) is 24.5 Å².